The zero-order chi connectivity index (χ0) is 19.6. The third-order valence-corrected chi connectivity index (χ3v) is 5.71. The molecule has 2 saturated heterocycles. The van der Waals surface area contributed by atoms with Crippen LogP contribution in [0, 0.1) is 0 Å². The summed E-state index contributed by atoms with van der Waals surface area (Å²) >= 11 is 0. The number of amides is 2. The van der Waals surface area contributed by atoms with Crippen molar-refractivity contribution >= 4 is 17.5 Å². The lowest BCUT2D eigenvalue weighted by molar-refractivity contribution is -0.163. The average Bonchev–Trinajstić information content (AvgIpc) is 2.74. The van der Waals surface area contributed by atoms with E-state index < -0.39 is 5.60 Å². The number of nitrogens with zero attached hydrogens (tertiary/aromatic N) is 2. The van der Waals surface area contributed by atoms with E-state index in [1.54, 1.807) is 9.80 Å². The third-order valence-electron chi connectivity index (χ3n) is 5.71. The lowest BCUT2D eigenvalue weighted by Gasteiger charge is -2.40. The van der Waals surface area contributed by atoms with Gasteiger partial charge >= 0.3 is 0 Å². The van der Waals surface area contributed by atoms with Gasteiger partial charge in [0, 0.05) is 25.3 Å². The maximum Gasteiger partial charge on any atom is 0.255 e. The molecule has 0 N–H and O–H groups in total. The quantitative estimate of drug-likeness (QED) is 0.822. The lowest BCUT2D eigenvalue weighted by Crippen LogP contribution is -2.58. The fourth-order valence-corrected chi connectivity index (χ4v) is 4.11. The van der Waals surface area contributed by atoms with E-state index in [0.29, 0.717) is 19.7 Å². The SMILES string of the molecule is C[C@@]1(C(=O)N2CCN(c3ccccc3-c3ccccc3)C(=O)C2)CCCCO1. The van der Waals surface area contributed by atoms with Crippen molar-refractivity contribution in [3.8, 4) is 11.1 Å². The van der Waals surface area contributed by atoms with Crippen LogP contribution in [0.3, 0.4) is 0 Å². The van der Waals surface area contributed by atoms with Gasteiger partial charge < -0.3 is 14.5 Å². The van der Waals surface area contributed by atoms with Gasteiger partial charge in [0.25, 0.3) is 5.91 Å². The first-order valence-corrected chi connectivity index (χ1v) is 9.97. The Hall–Kier alpha value is -2.66. The first-order valence-electron chi connectivity index (χ1n) is 9.97. The molecule has 0 unspecified atom stereocenters. The van der Waals surface area contributed by atoms with Gasteiger partial charge in [-0.05, 0) is 37.8 Å². The van der Waals surface area contributed by atoms with Gasteiger partial charge in [-0.2, -0.15) is 0 Å². The van der Waals surface area contributed by atoms with Gasteiger partial charge in [0.1, 0.15) is 12.1 Å². The normalized spacial score (nSPS) is 23.0. The Bertz CT molecular complexity index is 859. The molecule has 4 rings (SSSR count). The van der Waals surface area contributed by atoms with E-state index in [0.717, 1.165) is 36.1 Å². The molecule has 0 radical (unpaired) electrons. The van der Waals surface area contributed by atoms with Crippen LogP contribution in [0.1, 0.15) is 26.2 Å². The van der Waals surface area contributed by atoms with Gasteiger partial charge in [-0.25, -0.2) is 0 Å². The second-order valence-corrected chi connectivity index (χ2v) is 7.69. The number of ether oxygens (including phenoxy) is 1. The van der Waals surface area contributed by atoms with Crippen molar-refractivity contribution < 1.29 is 14.3 Å². The molecule has 2 fully saturated rings. The van der Waals surface area contributed by atoms with Gasteiger partial charge in [0.15, 0.2) is 0 Å². The molecule has 0 aromatic heterocycles. The second kappa shape index (κ2) is 7.76. The first kappa shape index (κ1) is 18.7. The number of rotatable bonds is 3. The highest BCUT2D eigenvalue weighted by Crippen LogP contribution is 2.32. The fourth-order valence-electron chi connectivity index (χ4n) is 4.11. The Kier molecular flexibility index (Phi) is 5.18. The Morgan fingerprint density at radius 2 is 1.75 bits per heavy atom. The summed E-state index contributed by atoms with van der Waals surface area (Å²) in [6.07, 6.45) is 2.70. The Balaban J connectivity index is 1.53. The summed E-state index contributed by atoms with van der Waals surface area (Å²) in [5, 5.41) is 0. The van der Waals surface area contributed by atoms with Gasteiger partial charge in [0.05, 0.1) is 5.69 Å². The van der Waals surface area contributed by atoms with Crippen molar-refractivity contribution in [1.29, 1.82) is 0 Å². The van der Waals surface area contributed by atoms with E-state index in [9.17, 15) is 9.59 Å². The highest BCUT2D eigenvalue weighted by atomic mass is 16.5. The molecule has 2 aliphatic heterocycles. The van der Waals surface area contributed by atoms with Crippen molar-refractivity contribution in [3.63, 3.8) is 0 Å². The zero-order valence-electron chi connectivity index (χ0n) is 16.3. The highest BCUT2D eigenvalue weighted by molar-refractivity contribution is 6.01. The molecule has 5 nitrogen and oxygen atoms in total. The number of carbonyl (C=O) groups is 2. The van der Waals surface area contributed by atoms with Crippen LogP contribution in [0.2, 0.25) is 0 Å². The van der Waals surface area contributed by atoms with E-state index in [2.05, 4.69) is 0 Å². The Morgan fingerprint density at radius 1 is 1.00 bits per heavy atom. The summed E-state index contributed by atoms with van der Waals surface area (Å²) in [5.74, 6) is -0.112. The average molecular weight is 378 g/mol. The molecule has 2 aromatic carbocycles. The van der Waals surface area contributed by atoms with Gasteiger partial charge in [-0.15, -0.1) is 0 Å². The van der Waals surface area contributed by atoms with E-state index in [-0.39, 0.29) is 18.4 Å². The van der Waals surface area contributed by atoms with Crippen molar-refractivity contribution in [1.82, 2.24) is 4.90 Å². The lowest BCUT2D eigenvalue weighted by atomic mass is 9.94. The van der Waals surface area contributed by atoms with Crippen molar-refractivity contribution in [2.75, 3.05) is 31.1 Å². The summed E-state index contributed by atoms with van der Waals surface area (Å²) < 4.78 is 5.79. The highest BCUT2D eigenvalue weighted by Gasteiger charge is 2.41. The molecule has 0 spiro atoms. The molecule has 0 bridgehead atoms. The van der Waals surface area contributed by atoms with Crippen molar-refractivity contribution in [3.05, 3.63) is 54.6 Å². The molecular weight excluding hydrogens is 352 g/mol. The summed E-state index contributed by atoms with van der Waals surface area (Å²) in [6, 6.07) is 18.0. The molecule has 2 aliphatic rings. The van der Waals surface area contributed by atoms with Crippen LogP contribution in [0.5, 0.6) is 0 Å². The molecule has 2 amide bonds. The Labute approximate surface area is 165 Å². The van der Waals surface area contributed by atoms with Crippen molar-refractivity contribution in [2.24, 2.45) is 0 Å². The number of anilines is 1. The number of para-hydroxylation sites is 1. The van der Waals surface area contributed by atoms with E-state index in [4.69, 9.17) is 4.74 Å². The monoisotopic (exact) mass is 378 g/mol. The van der Waals surface area contributed by atoms with E-state index in [1.807, 2.05) is 61.5 Å². The number of piperazine rings is 1. The third kappa shape index (κ3) is 3.54. The van der Waals surface area contributed by atoms with Crippen LogP contribution in [-0.4, -0.2) is 48.6 Å². The van der Waals surface area contributed by atoms with Crippen LogP contribution < -0.4 is 4.90 Å². The molecule has 1 atom stereocenters. The van der Waals surface area contributed by atoms with Crippen LogP contribution in [0.15, 0.2) is 54.6 Å². The molecule has 5 heteroatoms. The van der Waals surface area contributed by atoms with Crippen LogP contribution in [-0.2, 0) is 14.3 Å². The fraction of sp³-hybridized carbons (Fsp3) is 0.391. The molecule has 28 heavy (non-hydrogen) atoms. The van der Waals surface area contributed by atoms with Crippen LogP contribution in [0.25, 0.3) is 11.1 Å². The smallest absolute Gasteiger partial charge is 0.255 e. The molecule has 146 valence electrons. The number of benzene rings is 2. The van der Waals surface area contributed by atoms with Crippen molar-refractivity contribution in [2.45, 2.75) is 31.8 Å². The minimum atomic E-state index is -0.789. The maximum atomic E-state index is 13.0. The van der Waals surface area contributed by atoms with E-state index in [1.165, 1.54) is 0 Å². The zero-order valence-corrected chi connectivity index (χ0v) is 16.3. The predicted octanol–water partition coefficient (Wildman–Crippen LogP) is 3.49. The first-order chi connectivity index (χ1) is 13.6. The minimum absolute atomic E-state index is 0.0533. The molecule has 0 aliphatic carbocycles. The summed E-state index contributed by atoms with van der Waals surface area (Å²) in [4.78, 5) is 29.4. The topological polar surface area (TPSA) is 49.9 Å². The predicted molar refractivity (Wildman–Crippen MR) is 109 cm³/mol. The summed E-state index contributed by atoms with van der Waals surface area (Å²) in [6.45, 7) is 3.58. The van der Waals surface area contributed by atoms with Crippen LogP contribution in [0.4, 0.5) is 5.69 Å². The van der Waals surface area contributed by atoms with Gasteiger partial charge in [0.2, 0.25) is 5.91 Å². The number of hydrogen-bond acceptors (Lipinski definition) is 3. The molecule has 2 heterocycles. The minimum Gasteiger partial charge on any atom is -0.365 e. The van der Waals surface area contributed by atoms with Gasteiger partial charge in [-0.3, -0.25) is 9.59 Å². The molecule has 2 aromatic rings. The summed E-state index contributed by atoms with van der Waals surface area (Å²) in [5.41, 5.74) is 2.21. The second-order valence-electron chi connectivity index (χ2n) is 7.69. The number of hydrogen-bond donors (Lipinski definition) is 0. The Morgan fingerprint density at radius 3 is 2.46 bits per heavy atom. The van der Waals surface area contributed by atoms with Gasteiger partial charge in [-0.1, -0.05) is 48.5 Å². The number of carbonyl (C=O) groups excluding carboxylic acids is 2. The van der Waals surface area contributed by atoms with Crippen LogP contribution >= 0.6 is 0 Å². The largest absolute Gasteiger partial charge is 0.365 e. The summed E-state index contributed by atoms with van der Waals surface area (Å²) in [7, 11) is 0. The maximum absolute atomic E-state index is 13.0. The molecular formula is C23H26N2O3. The van der Waals surface area contributed by atoms with E-state index >= 15 is 0 Å². The standard InChI is InChI=1S/C23H26N2O3/c1-23(13-7-8-16-28-23)22(27)24-14-15-25(21(26)17-24)20-12-6-5-11-19(20)18-9-3-2-4-10-18/h2-6,9-12H,7-8,13-17H2,1H3/t23-/m0/s1. The molecule has 0 saturated carbocycles.